The molecule has 0 bridgehead atoms. The molecule has 0 aliphatic heterocycles. The summed E-state index contributed by atoms with van der Waals surface area (Å²) in [4.78, 5) is 23.4. The molecule has 23 heavy (non-hydrogen) atoms. The predicted octanol–water partition coefficient (Wildman–Crippen LogP) is 0.750. The molecule has 0 saturated carbocycles. The number of esters is 1. The molecule has 2 amide bonds. The van der Waals surface area contributed by atoms with E-state index in [0.717, 1.165) is 0 Å². The van der Waals surface area contributed by atoms with Crippen molar-refractivity contribution in [1.82, 2.24) is 5.32 Å². The molecule has 8 nitrogen and oxygen atoms in total. The lowest BCUT2D eigenvalue weighted by atomic mass is 10.2. The third kappa shape index (κ3) is 6.47. The molecule has 0 heterocycles. The molecule has 1 atom stereocenters. The number of amides is 2. The first-order valence-electron chi connectivity index (χ1n) is 6.55. The fourth-order valence-corrected chi connectivity index (χ4v) is 2.73. The Morgan fingerprint density at radius 3 is 2.65 bits per heavy atom. The molecule has 1 unspecified atom stereocenters. The highest BCUT2D eigenvalue weighted by molar-refractivity contribution is 7.98. The Balaban J connectivity index is 2.76. The molecule has 0 spiro atoms. The minimum Gasteiger partial charge on any atom is -0.467 e. The highest BCUT2D eigenvalue weighted by Gasteiger charge is 2.21. The van der Waals surface area contributed by atoms with Gasteiger partial charge in [0.2, 0.25) is 10.0 Å². The second-order valence-electron chi connectivity index (χ2n) is 4.53. The molecule has 1 aromatic rings. The van der Waals surface area contributed by atoms with E-state index in [-0.39, 0.29) is 10.6 Å². The number of carbonyl (C=O) groups is 2. The molecule has 0 aliphatic carbocycles. The van der Waals surface area contributed by atoms with Crippen molar-refractivity contribution in [2.45, 2.75) is 17.4 Å². The molecular formula is C13H19N3O5S2. The summed E-state index contributed by atoms with van der Waals surface area (Å²) in [6.45, 7) is 0. The van der Waals surface area contributed by atoms with Gasteiger partial charge in [-0.3, -0.25) is 0 Å². The van der Waals surface area contributed by atoms with Crippen molar-refractivity contribution in [2.75, 3.05) is 24.4 Å². The largest absolute Gasteiger partial charge is 0.467 e. The lowest BCUT2D eigenvalue weighted by molar-refractivity contribution is -0.142. The van der Waals surface area contributed by atoms with Crippen LogP contribution >= 0.6 is 11.8 Å². The number of benzene rings is 1. The predicted molar refractivity (Wildman–Crippen MR) is 88.8 cm³/mol. The van der Waals surface area contributed by atoms with E-state index in [1.165, 1.54) is 43.1 Å². The Hall–Kier alpha value is -1.78. The molecule has 0 fully saturated rings. The van der Waals surface area contributed by atoms with Crippen molar-refractivity contribution >= 4 is 39.5 Å². The van der Waals surface area contributed by atoms with Gasteiger partial charge in [-0.1, -0.05) is 6.07 Å². The number of rotatable bonds is 7. The van der Waals surface area contributed by atoms with Gasteiger partial charge in [0.05, 0.1) is 12.0 Å². The molecule has 1 aromatic carbocycles. The van der Waals surface area contributed by atoms with Crippen LogP contribution in [0.3, 0.4) is 0 Å². The summed E-state index contributed by atoms with van der Waals surface area (Å²) in [6.07, 6.45) is 2.30. The minimum atomic E-state index is -3.86. The lowest BCUT2D eigenvalue weighted by Crippen LogP contribution is -2.44. The third-order valence-electron chi connectivity index (χ3n) is 2.82. The molecule has 4 N–H and O–H groups in total. The van der Waals surface area contributed by atoms with Gasteiger partial charge >= 0.3 is 12.0 Å². The van der Waals surface area contributed by atoms with Gasteiger partial charge < -0.3 is 15.4 Å². The fourth-order valence-electron chi connectivity index (χ4n) is 1.70. The first kappa shape index (κ1) is 19.3. The molecule has 0 aromatic heterocycles. The number of hydrogen-bond acceptors (Lipinski definition) is 6. The van der Waals surface area contributed by atoms with Crippen LogP contribution in [0.2, 0.25) is 0 Å². The maximum atomic E-state index is 11.9. The Morgan fingerprint density at radius 2 is 2.09 bits per heavy atom. The SMILES string of the molecule is COC(=O)C(CCSC)NC(=O)Nc1cccc(S(N)(=O)=O)c1. The number of thioether (sulfide) groups is 1. The van der Waals surface area contributed by atoms with Gasteiger partial charge in [-0.15, -0.1) is 0 Å². The zero-order valence-corrected chi connectivity index (χ0v) is 14.4. The van der Waals surface area contributed by atoms with Crippen LogP contribution < -0.4 is 15.8 Å². The van der Waals surface area contributed by atoms with Gasteiger partial charge in [0.25, 0.3) is 0 Å². The van der Waals surface area contributed by atoms with Crippen LogP contribution in [0.25, 0.3) is 0 Å². The molecule has 128 valence electrons. The van der Waals surface area contributed by atoms with Crippen molar-refractivity contribution in [3.05, 3.63) is 24.3 Å². The fraction of sp³-hybridized carbons (Fsp3) is 0.385. The smallest absolute Gasteiger partial charge is 0.328 e. The van der Waals surface area contributed by atoms with Crippen molar-refractivity contribution in [3.8, 4) is 0 Å². The van der Waals surface area contributed by atoms with E-state index in [1.54, 1.807) is 0 Å². The van der Waals surface area contributed by atoms with E-state index < -0.39 is 28.1 Å². The summed E-state index contributed by atoms with van der Waals surface area (Å²) < 4.78 is 27.2. The first-order valence-corrected chi connectivity index (χ1v) is 9.49. The number of sulfonamides is 1. The Kier molecular flexibility index (Phi) is 7.33. The minimum absolute atomic E-state index is 0.123. The summed E-state index contributed by atoms with van der Waals surface area (Å²) in [5, 5.41) is 9.98. The van der Waals surface area contributed by atoms with Gasteiger partial charge in [0.15, 0.2) is 0 Å². The van der Waals surface area contributed by atoms with Crippen molar-refractivity contribution < 1.29 is 22.7 Å². The summed E-state index contributed by atoms with van der Waals surface area (Å²) in [5.74, 6) is 0.119. The first-order chi connectivity index (χ1) is 10.8. The molecule has 1 rings (SSSR count). The second kappa shape index (κ2) is 8.75. The molecule has 0 radical (unpaired) electrons. The Bertz CT molecular complexity index is 663. The van der Waals surface area contributed by atoms with Crippen molar-refractivity contribution in [3.63, 3.8) is 0 Å². The van der Waals surface area contributed by atoms with Crippen molar-refractivity contribution in [1.29, 1.82) is 0 Å². The number of primary sulfonamides is 1. The average molecular weight is 361 g/mol. The number of anilines is 1. The number of ether oxygens (including phenoxy) is 1. The van der Waals surface area contributed by atoms with Gasteiger partial charge in [-0.05, 0) is 36.6 Å². The highest BCUT2D eigenvalue weighted by Crippen LogP contribution is 2.14. The lowest BCUT2D eigenvalue weighted by Gasteiger charge is -2.16. The number of nitrogens with one attached hydrogen (secondary N) is 2. The van der Waals surface area contributed by atoms with E-state index in [0.29, 0.717) is 12.2 Å². The number of nitrogens with two attached hydrogens (primary N) is 1. The van der Waals surface area contributed by atoms with Gasteiger partial charge in [-0.25, -0.2) is 23.1 Å². The van der Waals surface area contributed by atoms with Crippen LogP contribution in [0.1, 0.15) is 6.42 Å². The van der Waals surface area contributed by atoms with Gasteiger partial charge in [0, 0.05) is 5.69 Å². The Labute approximate surface area is 139 Å². The van der Waals surface area contributed by atoms with Crippen LogP contribution in [0.15, 0.2) is 29.2 Å². The van der Waals surface area contributed by atoms with Crippen molar-refractivity contribution in [2.24, 2.45) is 5.14 Å². The van der Waals surface area contributed by atoms with E-state index in [2.05, 4.69) is 15.4 Å². The summed E-state index contributed by atoms with van der Waals surface area (Å²) in [5.41, 5.74) is 0.238. The van der Waals surface area contributed by atoms with E-state index in [9.17, 15) is 18.0 Å². The number of hydrogen-bond donors (Lipinski definition) is 3. The summed E-state index contributed by atoms with van der Waals surface area (Å²) >= 11 is 1.53. The van der Waals surface area contributed by atoms with Crippen LogP contribution in [-0.2, 0) is 19.6 Å². The number of methoxy groups -OCH3 is 1. The molecular weight excluding hydrogens is 342 g/mol. The zero-order chi connectivity index (χ0) is 17.5. The van der Waals surface area contributed by atoms with Crippen LogP contribution in [-0.4, -0.2) is 45.6 Å². The monoisotopic (exact) mass is 361 g/mol. The van der Waals surface area contributed by atoms with Gasteiger partial charge in [-0.2, -0.15) is 11.8 Å². The molecule has 10 heteroatoms. The quantitative estimate of drug-likeness (QED) is 0.615. The van der Waals surface area contributed by atoms with Crippen LogP contribution in [0, 0.1) is 0 Å². The normalized spacial score (nSPS) is 12.3. The number of carbonyl (C=O) groups excluding carboxylic acids is 2. The van der Waals surface area contributed by atoms with Gasteiger partial charge in [0.1, 0.15) is 6.04 Å². The molecule has 0 saturated heterocycles. The molecule has 0 aliphatic rings. The maximum Gasteiger partial charge on any atom is 0.328 e. The van der Waals surface area contributed by atoms with E-state index in [4.69, 9.17) is 5.14 Å². The average Bonchev–Trinajstić information content (AvgIpc) is 2.50. The van der Waals surface area contributed by atoms with Crippen LogP contribution in [0.5, 0.6) is 0 Å². The Morgan fingerprint density at radius 1 is 1.39 bits per heavy atom. The highest BCUT2D eigenvalue weighted by atomic mass is 32.2. The standard InChI is InChI=1S/C13H19N3O5S2/c1-21-12(17)11(6-7-22-2)16-13(18)15-9-4-3-5-10(8-9)23(14,19)20/h3-5,8,11H,6-7H2,1-2H3,(H2,14,19,20)(H2,15,16,18). The third-order valence-corrected chi connectivity index (χ3v) is 4.38. The summed E-state index contributed by atoms with van der Waals surface area (Å²) in [6, 6.07) is 4.06. The van der Waals surface area contributed by atoms with E-state index in [1.807, 2.05) is 6.26 Å². The van der Waals surface area contributed by atoms with E-state index >= 15 is 0 Å². The second-order valence-corrected chi connectivity index (χ2v) is 7.08. The topological polar surface area (TPSA) is 128 Å². The maximum absolute atomic E-state index is 11.9. The zero-order valence-electron chi connectivity index (χ0n) is 12.7. The van der Waals surface area contributed by atoms with Crippen LogP contribution in [0.4, 0.5) is 10.5 Å². The summed E-state index contributed by atoms with van der Waals surface area (Å²) in [7, 11) is -2.62. The number of urea groups is 1.